The molecule has 1 aromatic carbocycles. The molecular weight excluding hydrogens is 281 g/mol. The summed E-state index contributed by atoms with van der Waals surface area (Å²) in [7, 11) is 0. The van der Waals surface area contributed by atoms with Crippen LogP contribution in [0.25, 0.3) is 0 Å². The molecule has 0 saturated carbocycles. The van der Waals surface area contributed by atoms with Crippen molar-refractivity contribution in [1.29, 1.82) is 0 Å². The molecule has 1 aromatic rings. The van der Waals surface area contributed by atoms with Gasteiger partial charge in [0, 0.05) is 11.6 Å². The molecule has 0 fully saturated rings. The van der Waals surface area contributed by atoms with Crippen LogP contribution < -0.4 is 11.1 Å². The Morgan fingerprint density at radius 2 is 2.00 bits per heavy atom. The van der Waals surface area contributed by atoms with E-state index in [2.05, 4.69) is 10.3 Å². The van der Waals surface area contributed by atoms with Gasteiger partial charge in [-0.25, -0.2) is 9.59 Å². The molecule has 0 aromatic heterocycles. The van der Waals surface area contributed by atoms with Gasteiger partial charge < -0.3 is 15.6 Å². The number of hydrogen-bond acceptors (Lipinski definition) is 4. The van der Waals surface area contributed by atoms with E-state index in [-0.39, 0.29) is 17.0 Å². The standard InChI is InChI=1S/C13H16FN3O4/c1-13(2,3)21-12(20)16-9-6-7(18)4-5-8(9)10(15)17-11(14)19/h4-6,18H,1-3H3,(H,16,20)(H2,15,17,19). The fourth-order valence-electron chi connectivity index (χ4n) is 1.43. The molecule has 0 aliphatic heterocycles. The molecule has 0 saturated heterocycles. The summed E-state index contributed by atoms with van der Waals surface area (Å²) >= 11 is 0. The van der Waals surface area contributed by atoms with Crippen LogP contribution in [0.15, 0.2) is 23.2 Å². The lowest BCUT2D eigenvalue weighted by Gasteiger charge is -2.20. The van der Waals surface area contributed by atoms with E-state index in [1.54, 1.807) is 20.8 Å². The van der Waals surface area contributed by atoms with Crippen LogP contribution in [0.4, 0.5) is 19.7 Å². The first-order valence-electron chi connectivity index (χ1n) is 5.95. The lowest BCUT2D eigenvalue weighted by atomic mass is 10.1. The van der Waals surface area contributed by atoms with Crippen LogP contribution in [0.5, 0.6) is 5.75 Å². The number of nitrogens with zero attached hydrogens (tertiary/aromatic N) is 1. The van der Waals surface area contributed by atoms with E-state index in [4.69, 9.17) is 10.5 Å². The van der Waals surface area contributed by atoms with Gasteiger partial charge in [0.15, 0.2) is 0 Å². The van der Waals surface area contributed by atoms with Crippen LogP contribution in [-0.4, -0.2) is 28.8 Å². The SMILES string of the molecule is CC(C)(C)OC(=O)Nc1cc(O)ccc1/C(N)=N\C(=O)F. The number of aliphatic imine (C=N–C) groups is 1. The van der Waals surface area contributed by atoms with Gasteiger partial charge in [-0.05, 0) is 32.9 Å². The van der Waals surface area contributed by atoms with Crippen molar-refractivity contribution in [2.75, 3.05) is 5.32 Å². The summed E-state index contributed by atoms with van der Waals surface area (Å²) in [5.41, 5.74) is 4.85. The van der Waals surface area contributed by atoms with Gasteiger partial charge in [-0.3, -0.25) is 5.32 Å². The van der Waals surface area contributed by atoms with Crippen molar-refractivity contribution in [2.45, 2.75) is 26.4 Å². The average Bonchev–Trinajstić information content (AvgIpc) is 2.24. The lowest BCUT2D eigenvalue weighted by Crippen LogP contribution is -2.28. The zero-order valence-corrected chi connectivity index (χ0v) is 11.8. The van der Waals surface area contributed by atoms with E-state index in [0.29, 0.717) is 0 Å². The summed E-state index contributed by atoms with van der Waals surface area (Å²) in [4.78, 5) is 25.0. The Hall–Kier alpha value is -2.64. The van der Waals surface area contributed by atoms with Crippen LogP contribution in [-0.2, 0) is 4.74 Å². The minimum absolute atomic E-state index is 0.0340. The Kier molecular flexibility index (Phi) is 4.85. The van der Waals surface area contributed by atoms with Crippen LogP contribution in [0, 0.1) is 0 Å². The number of ether oxygens (including phenoxy) is 1. The van der Waals surface area contributed by atoms with Gasteiger partial charge in [-0.1, -0.05) is 0 Å². The van der Waals surface area contributed by atoms with E-state index in [1.165, 1.54) is 18.2 Å². The molecule has 2 amide bonds. The number of rotatable bonds is 2. The Labute approximate surface area is 120 Å². The van der Waals surface area contributed by atoms with Crippen molar-refractivity contribution in [3.8, 4) is 5.75 Å². The Morgan fingerprint density at radius 1 is 1.38 bits per heavy atom. The van der Waals surface area contributed by atoms with E-state index < -0.39 is 23.7 Å². The predicted molar refractivity (Wildman–Crippen MR) is 75.2 cm³/mol. The quantitative estimate of drug-likeness (QED) is 0.336. The van der Waals surface area contributed by atoms with Gasteiger partial charge in [-0.2, -0.15) is 4.99 Å². The number of anilines is 1. The Morgan fingerprint density at radius 3 is 2.52 bits per heavy atom. The van der Waals surface area contributed by atoms with Crippen molar-refractivity contribution >= 4 is 23.8 Å². The molecule has 8 heteroatoms. The molecule has 0 radical (unpaired) electrons. The minimum Gasteiger partial charge on any atom is -0.508 e. The monoisotopic (exact) mass is 297 g/mol. The van der Waals surface area contributed by atoms with Gasteiger partial charge in [0.05, 0.1) is 5.69 Å². The number of amides is 2. The number of carbonyl (C=O) groups excluding carboxylic acids is 2. The molecule has 21 heavy (non-hydrogen) atoms. The molecule has 0 heterocycles. The van der Waals surface area contributed by atoms with Gasteiger partial charge in [0.1, 0.15) is 17.2 Å². The zero-order valence-electron chi connectivity index (χ0n) is 11.8. The maximum Gasteiger partial charge on any atom is 0.425 e. The highest BCUT2D eigenvalue weighted by atomic mass is 19.1. The molecule has 0 atom stereocenters. The number of phenolic OH excluding ortho intramolecular Hbond substituents is 1. The molecule has 1 rings (SSSR count). The van der Waals surface area contributed by atoms with Crippen molar-refractivity contribution in [2.24, 2.45) is 10.7 Å². The van der Waals surface area contributed by atoms with Gasteiger partial charge in [-0.15, -0.1) is 4.39 Å². The van der Waals surface area contributed by atoms with Crippen LogP contribution in [0.1, 0.15) is 26.3 Å². The van der Waals surface area contributed by atoms with E-state index in [1.807, 2.05) is 0 Å². The smallest absolute Gasteiger partial charge is 0.425 e. The minimum atomic E-state index is -1.97. The summed E-state index contributed by atoms with van der Waals surface area (Å²) in [6, 6.07) is 3.70. The number of phenols is 1. The third-order valence-electron chi connectivity index (χ3n) is 2.12. The molecular formula is C13H16FN3O4. The highest BCUT2D eigenvalue weighted by molar-refractivity contribution is 6.08. The molecule has 0 spiro atoms. The Bertz CT molecular complexity index is 594. The molecule has 0 aliphatic rings. The number of hydrogen-bond donors (Lipinski definition) is 3. The summed E-state index contributed by atoms with van der Waals surface area (Å²) < 4.78 is 17.3. The van der Waals surface area contributed by atoms with Crippen LogP contribution >= 0.6 is 0 Å². The van der Waals surface area contributed by atoms with E-state index in [9.17, 15) is 19.1 Å². The second-order valence-corrected chi connectivity index (χ2v) is 5.11. The molecule has 4 N–H and O–H groups in total. The fourth-order valence-corrected chi connectivity index (χ4v) is 1.43. The number of carbonyl (C=O) groups is 2. The van der Waals surface area contributed by atoms with E-state index >= 15 is 0 Å². The number of benzene rings is 1. The zero-order chi connectivity index (χ0) is 16.2. The van der Waals surface area contributed by atoms with Gasteiger partial charge in [0.25, 0.3) is 0 Å². The summed E-state index contributed by atoms with van der Waals surface area (Å²) in [5, 5.41) is 11.8. The number of halogens is 1. The summed E-state index contributed by atoms with van der Waals surface area (Å²) in [5.74, 6) is -0.599. The largest absolute Gasteiger partial charge is 0.508 e. The number of nitrogens with two attached hydrogens (primary N) is 1. The number of aromatic hydroxyl groups is 1. The molecule has 114 valence electrons. The summed E-state index contributed by atoms with van der Waals surface area (Å²) in [6.07, 6.45) is -2.77. The summed E-state index contributed by atoms with van der Waals surface area (Å²) in [6.45, 7) is 5.02. The molecule has 0 unspecified atom stereocenters. The second kappa shape index (κ2) is 6.21. The average molecular weight is 297 g/mol. The van der Waals surface area contributed by atoms with Crippen molar-refractivity contribution < 1.29 is 23.8 Å². The molecule has 0 bridgehead atoms. The highest BCUT2D eigenvalue weighted by Gasteiger charge is 2.18. The van der Waals surface area contributed by atoms with Gasteiger partial charge >= 0.3 is 12.3 Å². The maximum atomic E-state index is 12.3. The number of nitrogens with one attached hydrogen (secondary N) is 1. The lowest BCUT2D eigenvalue weighted by molar-refractivity contribution is 0.0636. The van der Waals surface area contributed by atoms with Crippen molar-refractivity contribution in [3.05, 3.63) is 23.8 Å². The van der Waals surface area contributed by atoms with Crippen LogP contribution in [0.3, 0.4) is 0 Å². The third-order valence-corrected chi connectivity index (χ3v) is 2.12. The first kappa shape index (κ1) is 16.4. The predicted octanol–water partition coefficient (Wildman–Crippen LogP) is 2.53. The second-order valence-electron chi connectivity index (χ2n) is 5.11. The molecule has 0 aliphatic carbocycles. The third kappa shape index (κ3) is 5.47. The van der Waals surface area contributed by atoms with Crippen LogP contribution in [0.2, 0.25) is 0 Å². The van der Waals surface area contributed by atoms with E-state index in [0.717, 1.165) is 0 Å². The first-order chi connectivity index (χ1) is 9.58. The highest BCUT2D eigenvalue weighted by Crippen LogP contribution is 2.22. The maximum absolute atomic E-state index is 12.3. The molecule has 7 nitrogen and oxygen atoms in total. The first-order valence-corrected chi connectivity index (χ1v) is 5.95. The Balaban J connectivity index is 3.08. The number of amidine groups is 1. The normalized spacial score (nSPS) is 11.9. The fraction of sp³-hybridized carbons (Fsp3) is 0.308. The van der Waals surface area contributed by atoms with Crippen molar-refractivity contribution in [1.82, 2.24) is 0 Å². The topological polar surface area (TPSA) is 114 Å². The van der Waals surface area contributed by atoms with Crippen molar-refractivity contribution in [3.63, 3.8) is 0 Å². The van der Waals surface area contributed by atoms with Gasteiger partial charge in [0.2, 0.25) is 0 Å².